The van der Waals surface area contributed by atoms with E-state index in [-0.39, 0.29) is 93.2 Å². The van der Waals surface area contributed by atoms with Crippen molar-refractivity contribution >= 4 is 94.1 Å². The van der Waals surface area contributed by atoms with Crippen LogP contribution >= 0.6 is 23.2 Å². The Balaban J connectivity index is 1.31. The molecule has 1 spiro atoms. The Morgan fingerprint density at radius 2 is 1.27 bits per heavy atom. The summed E-state index contributed by atoms with van der Waals surface area (Å²) >= 11 is 13.3. The second-order valence-corrected chi connectivity index (χ2v) is 33.3. The summed E-state index contributed by atoms with van der Waals surface area (Å²) in [6.07, 6.45) is 13.5. The lowest BCUT2D eigenvalue weighted by Gasteiger charge is -2.54. The number of carbonyl (C=O) groups is 12. The minimum absolute atomic E-state index is 0.0269. The molecule has 3 heterocycles. The molecule has 7 aliphatic rings. The van der Waals surface area contributed by atoms with Crippen molar-refractivity contribution in [3.8, 4) is 0 Å². The third kappa shape index (κ3) is 20.5. The van der Waals surface area contributed by atoms with Crippen molar-refractivity contribution in [2.75, 3.05) is 89.2 Å². The van der Waals surface area contributed by atoms with E-state index in [4.69, 9.17) is 27.9 Å². The number of rotatable bonds is 14. The SMILES string of the molecule is CCC[C@H]1C(=O)N[C@@H]([C@@H](C)CC)C(=O)N(C)CC(=O)N(C)[C@H]2C/C=C\CCN(C2=O)[C@@H](CC2CCC(C)CC2)C(=O)N(C)CC(=O)N[C@@H](CCC2CCC(Cl)C(Cl)C2)C(=O)N2C[C@H](OCC)C[C@H]2C(=O)NC2(CC(C)(C)C2)C(=O)N(C)[C@@H](CC2CCC2)C(=O)N(C)[C@H](C(=O)N(C)C)CC(=O)N1C. The predicted octanol–water partition coefficient (Wildman–Crippen LogP) is 5.95. The first-order valence-corrected chi connectivity index (χ1v) is 38.8. The van der Waals surface area contributed by atoms with E-state index in [9.17, 15) is 28.8 Å². The van der Waals surface area contributed by atoms with E-state index < -0.39 is 162 Å². The number of hydrogen-bond donors (Lipinski definition) is 3. The van der Waals surface area contributed by atoms with Crippen LogP contribution in [0, 0.1) is 35.0 Å². The van der Waals surface area contributed by atoms with Gasteiger partial charge in [0.25, 0.3) is 0 Å². The van der Waals surface area contributed by atoms with Crippen molar-refractivity contribution in [2.24, 2.45) is 35.0 Å². The van der Waals surface area contributed by atoms with Crippen molar-refractivity contribution in [1.82, 2.24) is 60.0 Å². The van der Waals surface area contributed by atoms with Gasteiger partial charge in [0.05, 0.1) is 31.0 Å². The molecule has 0 aromatic rings. The zero-order valence-corrected chi connectivity index (χ0v) is 65.3. The maximum atomic E-state index is 15.7. The minimum atomic E-state index is -1.57. The Morgan fingerprint density at radius 3 is 1.87 bits per heavy atom. The average molecular weight is 1470 g/mol. The van der Waals surface area contributed by atoms with E-state index in [2.05, 4.69) is 22.9 Å². The van der Waals surface area contributed by atoms with Gasteiger partial charge in [-0.3, -0.25) is 57.5 Å². The smallest absolute Gasteiger partial charge is 0.248 e. The second kappa shape index (κ2) is 36.8. The van der Waals surface area contributed by atoms with Crippen LogP contribution in [0.5, 0.6) is 0 Å². The summed E-state index contributed by atoms with van der Waals surface area (Å²) in [7, 11) is 11.8. The average Bonchev–Trinajstić information content (AvgIpc) is 0.875. The van der Waals surface area contributed by atoms with E-state index in [1.165, 1.54) is 95.6 Å². The Morgan fingerprint density at radius 1 is 0.637 bits per heavy atom. The van der Waals surface area contributed by atoms with Crippen molar-refractivity contribution in [3.05, 3.63) is 12.2 Å². The number of likely N-dealkylation sites (N-methyl/N-ethyl adjacent to an activating group) is 7. The maximum absolute atomic E-state index is 15.7. The molecule has 2 bridgehead atoms. The summed E-state index contributed by atoms with van der Waals surface area (Å²) in [6.45, 7) is 12.8. The van der Waals surface area contributed by atoms with Crippen LogP contribution in [-0.4, -0.2) is 275 Å². The first kappa shape index (κ1) is 83.2. The number of fused-ring (bicyclic) bond motifs is 3. The molecular weight excluding hydrogens is 1350 g/mol. The minimum Gasteiger partial charge on any atom is -0.377 e. The summed E-state index contributed by atoms with van der Waals surface area (Å²) in [6, 6.07) is -9.51. The highest BCUT2D eigenvalue weighted by atomic mass is 35.5. The topological polar surface area (TPSA) is 279 Å². The molecule has 0 radical (unpaired) electrons. The summed E-state index contributed by atoms with van der Waals surface area (Å²) in [5.74, 6) is -6.97. The predicted molar refractivity (Wildman–Crippen MR) is 390 cm³/mol. The van der Waals surface area contributed by atoms with Crippen LogP contribution in [0.2, 0.25) is 0 Å². The fourth-order valence-corrected chi connectivity index (χ4v) is 17.4. The molecule has 7 rings (SSSR count). The van der Waals surface area contributed by atoms with Crippen LogP contribution in [0.4, 0.5) is 0 Å². The quantitative estimate of drug-likeness (QED) is 0.134. The molecule has 2 saturated heterocycles. The van der Waals surface area contributed by atoms with Crippen LogP contribution in [0.1, 0.15) is 196 Å². The van der Waals surface area contributed by atoms with Gasteiger partial charge in [0, 0.05) is 87.9 Å². The molecule has 3 unspecified atom stereocenters. The zero-order valence-electron chi connectivity index (χ0n) is 63.8. The fourth-order valence-electron chi connectivity index (χ4n) is 16.8. The normalized spacial score (nSPS) is 32.4. The molecule has 4 saturated carbocycles. The summed E-state index contributed by atoms with van der Waals surface area (Å²) in [4.78, 5) is 193. The summed E-state index contributed by atoms with van der Waals surface area (Å²) in [5, 5.41) is 8.52. The van der Waals surface area contributed by atoms with Crippen LogP contribution in [0.3, 0.4) is 0 Å². The van der Waals surface area contributed by atoms with Gasteiger partial charge in [-0.05, 0) is 119 Å². The molecule has 102 heavy (non-hydrogen) atoms. The zero-order chi connectivity index (χ0) is 75.4. The van der Waals surface area contributed by atoms with E-state index in [1.54, 1.807) is 11.8 Å². The van der Waals surface area contributed by atoms with Gasteiger partial charge in [-0.1, -0.05) is 111 Å². The molecule has 27 heteroatoms. The highest BCUT2D eigenvalue weighted by Crippen LogP contribution is 2.50. The molecule has 3 aliphatic heterocycles. The van der Waals surface area contributed by atoms with Crippen LogP contribution < -0.4 is 16.0 Å². The second-order valence-electron chi connectivity index (χ2n) is 32.2. The Hall–Kier alpha value is -6.08. The molecule has 574 valence electrons. The number of nitrogens with one attached hydrogen (secondary N) is 3. The van der Waals surface area contributed by atoms with Crippen LogP contribution in [0.15, 0.2) is 12.2 Å². The van der Waals surface area contributed by atoms with E-state index in [1.807, 2.05) is 46.8 Å². The van der Waals surface area contributed by atoms with Crippen LogP contribution in [-0.2, 0) is 62.3 Å². The van der Waals surface area contributed by atoms with Gasteiger partial charge < -0.3 is 64.8 Å². The fraction of sp³-hybridized carbons (Fsp3) is 0.813. The lowest BCUT2D eigenvalue weighted by Crippen LogP contribution is -2.71. The largest absolute Gasteiger partial charge is 0.377 e. The van der Waals surface area contributed by atoms with Gasteiger partial charge in [-0.2, -0.15) is 0 Å². The Kier molecular flexibility index (Phi) is 30.0. The van der Waals surface area contributed by atoms with Crippen molar-refractivity contribution < 1.29 is 62.3 Å². The molecule has 12 amide bonds. The lowest BCUT2D eigenvalue weighted by molar-refractivity contribution is -0.160. The number of ether oxygens (including phenoxy) is 1. The van der Waals surface area contributed by atoms with Crippen LogP contribution in [0.25, 0.3) is 0 Å². The molecule has 6 fully saturated rings. The van der Waals surface area contributed by atoms with Crippen molar-refractivity contribution in [1.29, 1.82) is 0 Å². The lowest BCUT2D eigenvalue weighted by atomic mass is 9.58. The highest BCUT2D eigenvalue weighted by Gasteiger charge is 2.59. The number of carbonyl (C=O) groups excluding carboxylic acids is 12. The Bertz CT molecular complexity index is 3030. The van der Waals surface area contributed by atoms with E-state index >= 15 is 28.8 Å². The Labute approximate surface area is 616 Å². The first-order chi connectivity index (χ1) is 48.1. The van der Waals surface area contributed by atoms with Gasteiger partial charge in [0.2, 0.25) is 70.9 Å². The number of hydrogen-bond acceptors (Lipinski definition) is 13. The monoisotopic (exact) mass is 1470 g/mol. The van der Waals surface area contributed by atoms with Crippen molar-refractivity contribution in [3.63, 3.8) is 0 Å². The third-order valence-electron chi connectivity index (χ3n) is 23.5. The summed E-state index contributed by atoms with van der Waals surface area (Å²) in [5.41, 5.74) is -2.03. The molecular formula is C75H122Cl2N12O13. The number of halogens is 2. The molecule has 0 aromatic carbocycles. The number of nitrogens with zero attached hydrogens (tertiary/aromatic N) is 9. The molecule has 0 aromatic heterocycles. The molecule has 13 atom stereocenters. The van der Waals surface area contributed by atoms with Gasteiger partial charge >= 0.3 is 0 Å². The van der Waals surface area contributed by atoms with E-state index in [0.717, 1.165) is 51.4 Å². The van der Waals surface area contributed by atoms with Gasteiger partial charge in [-0.15, -0.1) is 23.2 Å². The number of alkyl halides is 2. The molecule has 3 N–H and O–H groups in total. The van der Waals surface area contributed by atoms with Gasteiger partial charge in [-0.25, -0.2) is 0 Å². The number of amides is 12. The third-order valence-corrected chi connectivity index (χ3v) is 24.6. The molecule has 4 aliphatic carbocycles. The maximum Gasteiger partial charge on any atom is 0.248 e. The highest BCUT2D eigenvalue weighted by molar-refractivity contribution is 6.30. The summed E-state index contributed by atoms with van der Waals surface area (Å²) < 4.78 is 6.17. The van der Waals surface area contributed by atoms with E-state index in [0.29, 0.717) is 50.9 Å². The first-order valence-electron chi connectivity index (χ1n) is 37.9. The molecule has 25 nitrogen and oxygen atoms in total. The van der Waals surface area contributed by atoms with Crippen molar-refractivity contribution in [2.45, 2.75) is 267 Å². The standard InChI is InChI=1S/C75H122Cl2N12O13/c1-16-23-55-65(93)79-64(47(5)17-2)72(100)83(11)43-63(92)85(13)56-26-20-19-21-35-88(71(56)99)60(38-50-29-27-46(4)28-30-50)69(97)82(10)42-61(90)78-54(34-32-49-31-33-52(76)53(77)36-49)67(95)89-41-51(102-18-3)39-57(89)66(94)80-75(44-74(6,7)45-75)73(101)87(15)58(37-48-24-22-25-48)70(98)86(14)59(68(96)81(8)9)40-62(91)84(55)12/h19-20,46-60,64H,16-18,21-45H2,1-15H3,(H,78,90)(H,79,93)(H,80,94)/b20-19-/t46?,47-,49?,50?,51+,52?,53?,54-,55-,56-,57-,58-,59-,60-,64-/m0/s1. The van der Waals surface area contributed by atoms with Gasteiger partial charge in [0.15, 0.2) is 0 Å². The van der Waals surface area contributed by atoms with Gasteiger partial charge in [0.1, 0.15) is 53.9 Å².